The molecule has 10 heteroatoms. The summed E-state index contributed by atoms with van der Waals surface area (Å²) in [4.78, 5) is -0.880. The molecule has 6 nitrogen and oxygen atoms in total. The third-order valence-corrected chi connectivity index (χ3v) is 3.16. The molecule has 0 bridgehead atoms. The Morgan fingerprint density at radius 2 is 0.875 bits per heavy atom. The van der Waals surface area contributed by atoms with Gasteiger partial charge in [-0.1, -0.05) is 0 Å². The Morgan fingerprint density at radius 3 is 1.00 bits per heavy atom. The van der Waals surface area contributed by atoms with E-state index in [0.717, 1.165) is 24.3 Å². The molecule has 0 radical (unpaired) electrons. The Kier molecular flexibility index (Phi) is 10.0. The standard InChI is InChI=1S/C6H6O6S2.2K.2H/c7-13(8,9)5-1-2-6(4-3-5)14(10,11)12;;;;/h1-4H,(H,7,8,9)(H,10,11,12);;;;. The van der Waals surface area contributed by atoms with Gasteiger partial charge in [0.05, 0.1) is 9.79 Å². The van der Waals surface area contributed by atoms with E-state index in [1.807, 2.05) is 0 Å². The fraction of sp³-hybridized carbons (Fsp3) is 0. The zero-order valence-electron chi connectivity index (χ0n) is 6.65. The third-order valence-electron chi connectivity index (χ3n) is 1.42. The van der Waals surface area contributed by atoms with Gasteiger partial charge in [-0.15, -0.1) is 0 Å². The Balaban J connectivity index is 0. The van der Waals surface area contributed by atoms with Crippen LogP contribution in [0.3, 0.4) is 0 Å². The minimum absolute atomic E-state index is 0. The summed E-state index contributed by atoms with van der Waals surface area (Å²) in [5, 5.41) is 0. The van der Waals surface area contributed by atoms with Gasteiger partial charge in [0.25, 0.3) is 20.2 Å². The molecule has 0 fully saturated rings. The Labute approximate surface area is 179 Å². The average molecular weight is 318 g/mol. The molecular formula is C6H8K2O6S2. The van der Waals surface area contributed by atoms with Gasteiger partial charge in [-0.25, -0.2) is 0 Å². The molecule has 0 aliphatic heterocycles. The van der Waals surface area contributed by atoms with Crippen LogP contribution in [0.5, 0.6) is 0 Å². The average Bonchev–Trinajstić information content (AvgIpc) is 2.01. The number of hydrogen-bond acceptors (Lipinski definition) is 4. The van der Waals surface area contributed by atoms with Crippen molar-refractivity contribution in [3.63, 3.8) is 0 Å². The predicted molar refractivity (Wildman–Crippen MR) is 60.4 cm³/mol. The Morgan fingerprint density at radius 1 is 0.688 bits per heavy atom. The summed E-state index contributed by atoms with van der Waals surface area (Å²) in [7, 11) is -8.68. The molecule has 82 valence electrons. The topological polar surface area (TPSA) is 109 Å². The van der Waals surface area contributed by atoms with Crippen LogP contribution in [0.25, 0.3) is 0 Å². The maximum atomic E-state index is 10.5. The molecule has 16 heavy (non-hydrogen) atoms. The molecule has 0 unspecified atom stereocenters. The van der Waals surface area contributed by atoms with E-state index in [1.54, 1.807) is 0 Å². The summed E-state index contributed by atoms with van der Waals surface area (Å²) in [6, 6.07) is 3.49. The van der Waals surface area contributed by atoms with Crippen LogP contribution >= 0.6 is 0 Å². The molecule has 0 atom stereocenters. The summed E-state index contributed by atoms with van der Waals surface area (Å²) in [5.41, 5.74) is 0. The first kappa shape index (κ1) is 20.6. The van der Waals surface area contributed by atoms with Crippen LogP contribution < -0.4 is 0 Å². The van der Waals surface area contributed by atoms with Crippen LogP contribution in [0, 0.1) is 0 Å². The number of rotatable bonds is 2. The molecule has 0 aliphatic rings. The monoisotopic (exact) mass is 318 g/mol. The quantitative estimate of drug-likeness (QED) is 0.528. The zero-order valence-corrected chi connectivity index (χ0v) is 8.29. The van der Waals surface area contributed by atoms with Gasteiger partial charge >= 0.3 is 103 Å². The molecule has 0 spiro atoms. The van der Waals surface area contributed by atoms with Gasteiger partial charge in [-0.05, 0) is 24.3 Å². The Bertz CT molecular complexity index is 482. The second-order valence-corrected chi connectivity index (χ2v) is 5.26. The zero-order chi connectivity index (χ0) is 11.0. The number of benzene rings is 1. The fourth-order valence-electron chi connectivity index (χ4n) is 0.784. The normalized spacial score (nSPS) is 11.1. The van der Waals surface area contributed by atoms with Gasteiger partial charge in [-0.3, -0.25) is 9.11 Å². The van der Waals surface area contributed by atoms with E-state index in [2.05, 4.69) is 0 Å². The van der Waals surface area contributed by atoms with E-state index in [1.165, 1.54) is 0 Å². The van der Waals surface area contributed by atoms with E-state index in [4.69, 9.17) is 9.11 Å². The first-order chi connectivity index (χ1) is 6.21. The van der Waals surface area contributed by atoms with Gasteiger partial charge in [0, 0.05) is 0 Å². The van der Waals surface area contributed by atoms with Gasteiger partial charge in [0.2, 0.25) is 0 Å². The summed E-state index contributed by atoms with van der Waals surface area (Å²) in [6.45, 7) is 0. The summed E-state index contributed by atoms with van der Waals surface area (Å²) in [5.74, 6) is 0. The van der Waals surface area contributed by atoms with Crippen molar-refractivity contribution in [2.24, 2.45) is 0 Å². The van der Waals surface area contributed by atoms with Crippen molar-refractivity contribution in [2.75, 3.05) is 0 Å². The molecule has 0 saturated heterocycles. The molecule has 0 saturated carbocycles. The fourth-order valence-corrected chi connectivity index (χ4v) is 1.74. The van der Waals surface area contributed by atoms with E-state index < -0.39 is 30.0 Å². The molecule has 0 aromatic heterocycles. The molecule has 1 rings (SSSR count). The molecule has 1 aromatic rings. The van der Waals surface area contributed by atoms with Crippen LogP contribution in [0.4, 0.5) is 0 Å². The van der Waals surface area contributed by atoms with E-state index in [0.29, 0.717) is 0 Å². The van der Waals surface area contributed by atoms with Gasteiger partial charge < -0.3 is 0 Å². The predicted octanol–water partition coefficient (Wildman–Crippen LogP) is -1.12. The second kappa shape index (κ2) is 7.79. The van der Waals surface area contributed by atoms with Crippen molar-refractivity contribution in [1.29, 1.82) is 0 Å². The van der Waals surface area contributed by atoms with Gasteiger partial charge in [0.15, 0.2) is 0 Å². The molecule has 1 aromatic carbocycles. The van der Waals surface area contributed by atoms with Crippen molar-refractivity contribution in [1.82, 2.24) is 0 Å². The van der Waals surface area contributed by atoms with Gasteiger partial charge in [-0.2, -0.15) is 16.8 Å². The van der Waals surface area contributed by atoms with Crippen molar-refractivity contribution in [3.8, 4) is 0 Å². The SMILES string of the molecule is O=S(=O)(O)c1ccc(S(=O)(=O)O)cc1.[KH].[KH]. The van der Waals surface area contributed by atoms with Crippen LogP contribution in [0.15, 0.2) is 34.1 Å². The third kappa shape index (κ3) is 6.47. The van der Waals surface area contributed by atoms with Crippen LogP contribution in [0.2, 0.25) is 0 Å². The van der Waals surface area contributed by atoms with Crippen molar-refractivity contribution >= 4 is 123 Å². The summed E-state index contributed by atoms with van der Waals surface area (Å²) < 4.78 is 59.2. The minimum atomic E-state index is -4.34. The van der Waals surface area contributed by atoms with Crippen LogP contribution in [-0.4, -0.2) is 129 Å². The van der Waals surface area contributed by atoms with E-state index >= 15 is 0 Å². The molecular weight excluding hydrogens is 310 g/mol. The molecule has 2 N–H and O–H groups in total. The maximum absolute atomic E-state index is 10.5. The molecule has 0 amide bonds. The first-order valence-corrected chi connectivity index (χ1v) is 6.14. The van der Waals surface area contributed by atoms with Gasteiger partial charge in [0.1, 0.15) is 0 Å². The van der Waals surface area contributed by atoms with Crippen LogP contribution in [-0.2, 0) is 20.2 Å². The van der Waals surface area contributed by atoms with Crippen LogP contribution in [0.1, 0.15) is 0 Å². The first-order valence-electron chi connectivity index (χ1n) is 3.26. The second-order valence-electron chi connectivity index (χ2n) is 2.42. The number of hydrogen-bond donors (Lipinski definition) is 2. The molecule has 0 aliphatic carbocycles. The molecule has 0 heterocycles. The Hall–Kier alpha value is 2.31. The van der Waals surface area contributed by atoms with E-state index in [9.17, 15) is 16.8 Å². The summed E-state index contributed by atoms with van der Waals surface area (Å²) >= 11 is 0. The van der Waals surface area contributed by atoms with Crippen molar-refractivity contribution in [3.05, 3.63) is 24.3 Å². The van der Waals surface area contributed by atoms with E-state index in [-0.39, 0.29) is 103 Å². The van der Waals surface area contributed by atoms with Crippen molar-refractivity contribution < 1.29 is 25.9 Å². The van der Waals surface area contributed by atoms with Crippen molar-refractivity contribution in [2.45, 2.75) is 9.79 Å². The summed E-state index contributed by atoms with van der Waals surface area (Å²) in [6.07, 6.45) is 0.